The summed E-state index contributed by atoms with van der Waals surface area (Å²) in [7, 11) is 0. The van der Waals surface area contributed by atoms with Crippen molar-refractivity contribution >= 4 is 11.7 Å². The topological polar surface area (TPSA) is 80.9 Å². The van der Waals surface area contributed by atoms with Gasteiger partial charge in [-0.2, -0.15) is 4.98 Å². The number of aryl methyl sites for hydroxylation is 1. The van der Waals surface area contributed by atoms with E-state index in [9.17, 15) is 4.79 Å². The maximum Gasteiger partial charge on any atom is 0.227 e. The molecule has 3 rings (SSSR count). The van der Waals surface area contributed by atoms with Crippen LogP contribution in [0.2, 0.25) is 0 Å². The van der Waals surface area contributed by atoms with Crippen molar-refractivity contribution in [3.05, 3.63) is 60.1 Å². The van der Waals surface area contributed by atoms with Crippen LogP contribution in [0, 0.1) is 0 Å². The zero-order chi connectivity index (χ0) is 17.6. The Kier molecular flexibility index (Phi) is 5.18. The Labute approximate surface area is 146 Å². The molecule has 128 valence electrons. The second kappa shape index (κ2) is 7.70. The minimum Gasteiger partial charge on any atom is -0.339 e. The number of nitrogens with zero attached hydrogens (tertiary/aromatic N) is 3. The smallest absolute Gasteiger partial charge is 0.227 e. The summed E-state index contributed by atoms with van der Waals surface area (Å²) in [5, 5.41) is 6.72. The van der Waals surface area contributed by atoms with Crippen LogP contribution in [-0.4, -0.2) is 21.0 Å². The third-order valence-corrected chi connectivity index (χ3v) is 3.80. The van der Waals surface area contributed by atoms with Crippen LogP contribution in [0.3, 0.4) is 0 Å². The molecule has 1 aromatic carbocycles. The van der Waals surface area contributed by atoms with E-state index in [1.165, 1.54) is 5.56 Å². The van der Waals surface area contributed by atoms with Crippen molar-refractivity contribution < 1.29 is 9.32 Å². The molecular formula is C19H20N4O2. The first kappa shape index (κ1) is 16.8. The van der Waals surface area contributed by atoms with Gasteiger partial charge in [-0.3, -0.25) is 4.79 Å². The van der Waals surface area contributed by atoms with Gasteiger partial charge in [0.1, 0.15) is 5.82 Å². The van der Waals surface area contributed by atoms with Gasteiger partial charge >= 0.3 is 0 Å². The second-order valence-corrected chi connectivity index (χ2v) is 6.05. The van der Waals surface area contributed by atoms with E-state index in [0.717, 1.165) is 5.56 Å². The quantitative estimate of drug-likeness (QED) is 0.740. The lowest BCUT2D eigenvalue weighted by Crippen LogP contribution is -2.13. The summed E-state index contributed by atoms with van der Waals surface area (Å²) in [6, 6.07) is 13.5. The van der Waals surface area contributed by atoms with Crippen molar-refractivity contribution in [3.8, 4) is 11.4 Å². The van der Waals surface area contributed by atoms with Gasteiger partial charge in [-0.25, -0.2) is 4.98 Å². The summed E-state index contributed by atoms with van der Waals surface area (Å²) in [6.45, 7) is 4.30. The number of carbonyl (C=O) groups is 1. The molecule has 0 atom stereocenters. The summed E-state index contributed by atoms with van der Waals surface area (Å²) in [5.74, 6) is 1.85. The predicted molar refractivity (Wildman–Crippen MR) is 95.0 cm³/mol. The summed E-state index contributed by atoms with van der Waals surface area (Å²) in [5.41, 5.74) is 2.16. The maximum atomic E-state index is 11.9. The minimum atomic E-state index is -0.139. The number of amides is 1. The zero-order valence-corrected chi connectivity index (χ0v) is 14.3. The first-order valence-electron chi connectivity index (χ1n) is 8.25. The van der Waals surface area contributed by atoms with E-state index in [1.54, 1.807) is 18.3 Å². The Morgan fingerprint density at radius 2 is 1.96 bits per heavy atom. The van der Waals surface area contributed by atoms with Crippen LogP contribution < -0.4 is 5.32 Å². The van der Waals surface area contributed by atoms with Crippen molar-refractivity contribution in [3.63, 3.8) is 0 Å². The van der Waals surface area contributed by atoms with Crippen LogP contribution in [0.5, 0.6) is 0 Å². The molecule has 0 radical (unpaired) electrons. The van der Waals surface area contributed by atoms with Gasteiger partial charge in [0.05, 0.1) is 0 Å². The fourth-order valence-electron chi connectivity index (χ4n) is 2.35. The molecule has 0 aliphatic heterocycles. The molecule has 6 nitrogen and oxygen atoms in total. The highest BCUT2D eigenvalue weighted by Gasteiger charge is 2.11. The molecule has 1 amide bonds. The molecule has 6 heteroatoms. The van der Waals surface area contributed by atoms with Crippen LogP contribution in [0.4, 0.5) is 5.82 Å². The number of pyridine rings is 1. The molecular weight excluding hydrogens is 316 g/mol. The standard InChI is InChI=1S/C19H20N4O2/c1-13(2)14-6-8-15(9-7-14)19-22-18(25-23-19)11-10-17(24)21-16-5-3-4-12-20-16/h3-9,12-13H,10-11H2,1-2H3,(H,20,21,24). The number of benzene rings is 1. The van der Waals surface area contributed by atoms with Gasteiger partial charge in [0.15, 0.2) is 0 Å². The number of carbonyl (C=O) groups excluding carboxylic acids is 1. The largest absolute Gasteiger partial charge is 0.339 e. The van der Waals surface area contributed by atoms with Gasteiger partial charge in [-0.05, 0) is 23.6 Å². The van der Waals surface area contributed by atoms with E-state index in [-0.39, 0.29) is 12.3 Å². The Hall–Kier alpha value is -3.02. The lowest BCUT2D eigenvalue weighted by Gasteiger charge is -2.04. The number of anilines is 1. The molecule has 1 N–H and O–H groups in total. The Bertz CT molecular complexity index is 826. The highest BCUT2D eigenvalue weighted by molar-refractivity contribution is 5.89. The van der Waals surface area contributed by atoms with E-state index >= 15 is 0 Å². The summed E-state index contributed by atoms with van der Waals surface area (Å²) in [4.78, 5) is 20.3. The average Bonchev–Trinajstić information content (AvgIpc) is 3.10. The first-order chi connectivity index (χ1) is 12.1. The van der Waals surface area contributed by atoms with Crippen molar-refractivity contribution in [1.29, 1.82) is 0 Å². The van der Waals surface area contributed by atoms with Gasteiger partial charge in [-0.15, -0.1) is 0 Å². The fourth-order valence-corrected chi connectivity index (χ4v) is 2.35. The number of aromatic nitrogens is 3. The van der Waals surface area contributed by atoms with Crippen LogP contribution in [0.25, 0.3) is 11.4 Å². The highest BCUT2D eigenvalue weighted by atomic mass is 16.5. The van der Waals surface area contributed by atoms with Crippen LogP contribution in [0.15, 0.2) is 53.2 Å². The van der Waals surface area contributed by atoms with E-state index in [1.807, 2.05) is 18.2 Å². The molecule has 0 saturated heterocycles. The van der Waals surface area contributed by atoms with Gasteiger partial charge in [0.2, 0.25) is 17.6 Å². The molecule has 0 bridgehead atoms. The van der Waals surface area contributed by atoms with Crippen molar-refractivity contribution in [2.24, 2.45) is 0 Å². The monoisotopic (exact) mass is 336 g/mol. The van der Waals surface area contributed by atoms with Crippen LogP contribution in [-0.2, 0) is 11.2 Å². The number of nitrogens with one attached hydrogen (secondary N) is 1. The number of hydrogen-bond acceptors (Lipinski definition) is 5. The molecule has 25 heavy (non-hydrogen) atoms. The number of rotatable bonds is 6. The Morgan fingerprint density at radius 1 is 1.16 bits per heavy atom. The molecule has 0 saturated carbocycles. The van der Waals surface area contributed by atoms with Crippen molar-refractivity contribution in [1.82, 2.24) is 15.1 Å². The normalized spacial score (nSPS) is 10.8. The molecule has 3 aromatic rings. The highest BCUT2D eigenvalue weighted by Crippen LogP contribution is 2.20. The van der Waals surface area contributed by atoms with E-state index in [4.69, 9.17) is 4.52 Å². The molecule has 0 aliphatic rings. The van der Waals surface area contributed by atoms with Crippen LogP contribution in [0.1, 0.15) is 37.6 Å². The molecule has 0 fully saturated rings. The average molecular weight is 336 g/mol. The molecule has 2 heterocycles. The minimum absolute atomic E-state index is 0.139. The van der Waals surface area contributed by atoms with E-state index in [2.05, 4.69) is 46.4 Å². The molecule has 0 spiro atoms. The fraction of sp³-hybridized carbons (Fsp3) is 0.263. The predicted octanol–water partition coefficient (Wildman–Crippen LogP) is 3.83. The number of hydrogen-bond donors (Lipinski definition) is 1. The third kappa shape index (κ3) is 4.50. The Morgan fingerprint density at radius 3 is 2.64 bits per heavy atom. The maximum absolute atomic E-state index is 11.9. The SMILES string of the molecule is CC(C)c1ccc(-c2noc(CCC(=O)Nc3ccccn3)n2)cc1. The lowest BCUT2D eigenvalue weighted by atomic mass is 10.0. The van der Waals surface area contributed by atoms with Crippen molar-refractivity contribution in [2.45, 2.75) is 32.6 Å². The summed E-state index contributed by atoms with van der Waals surface area (Å²) in [6.07, 6.45) is 2.27. The van der Waals surface area contributed by atoms with Crippen LogP contribution >= 0.6 is 0 Å². The van der Waals surface area contributed by atoms with E-state index < -0.39 is 0 Å². The lowest BCUT2D eigenvalue weighted by molar-refractivity contribution is -0.116. The van der Waals surface area contributed by atoms with Gasteiger partial charge in [-0.1, -0.05) is 49.3 Å². The second-order valence-electron chi connectivity index (χ2n) is 6.05. The Balaban J connectivity index is 1.57. The van der Waals surface area contributed by atoms with Gasteiger partial charge in [0.25, 0.3) is 0 Å². The van der Waals surface area contributed by atoms with E-state index in [0.29, 0.717) is 29.9 Å². The summed E-state index contributed by atoms with van der Waals surface area (Å²) < 4.78 is 5.24. The van der Waals surface area contributed by atoms with Crippen molar-refractivity contribution in [2.75, 3.05) is 5.32 Å². The molecule has 2 aromatic heterocycles. The zero-order valence-electron chi connectivity index (χ0n) is 14.3. The summed E-state index contributed by atoms with van der Waals surface area (Å²) >= 11 is 0. The van der Waals surface area contributed by atoms with Gasteiger partial charge in [0, 0.05) is 24.6 Å². The molecule has 0 aliphatic carbocycles. The third-order valence-electron chi connectivity index (χ3n) is 3.80. The first-order valence-corrected chi connectivity index (χ1v) is 8.25. The van der Waals surface area contributed by atoms with Gasteiger partial charge < -0.3 is 9.84 Å². The molecule has 0 unspecified atom stereocenters.